The summed E-state index contributed by atoms with van der Waals surface area (Å²) in [5, 5.41) is 34.7. The molecule has 3 rings (SSSR count). The van der Waals surface area contributed by atoms with Crippen LogP contribution in [0.15, 0.2) is 11.6 Å². The molecule has 1 radical (unpaired) electrons. The summed E-state index contributed by atoms with van der Waals surface area (Å²) < 4.78 is 32.1. The van der Waals surface area contributed by atoms with E-state index in [-0.39, 0.29) is 74.3 Å². The number of allylic oxidation sites excluding steroid dienone is 1. The molecule has 0 aromatic heterocycles. The number of cyclic esters (lactones) is 1. The van der Waals surface area contributed by atoms with Gasteiger partial charge in [-0.2, -0.15) is 0 Å². The van der Waals surface area contributed by atoms with Crippen LogP contribution < -0.4 is 0 Å². The number of ether oxygens (including phenoxy) is 5. The molecule has 0 aromatic rings. The van der Waals surface area contributed by atoms with E-state index in [1.807, 2.05) is 48.7 Å². The van der Waals surface area contributed by atoms with Crippen molar-refractivity contribution in [3.63, 3.8) is 0 Å². The van der Waals surface area contributed by atoms with Crippen molar-refractivity contribution in [1.29, 1.82) is 0 Å². The number of Topliss-reactive ketones (excluding diaryl/α,β-unsaturated/α-hetero) is 1. The molecule has 0 spiro atoms. The first-order chi connectivity index (χ1) is 22.4. The zero-order valence-electron chi connectivity index (χ0n) is 33.1. The van der Waals surface area contributed by atoms with Crippen LogP contribution in [-0.4, -0.2) is 113 Å². The van der Waals surface area contributed by atoms with E-state index in [1.54, 1.807) is 34.6 Å². The molecule has 15 atom stereocenters. The number of ketones is 1. The Bertz CT molecular complexity index is 1170. The minimum atomic E-state index is -1.62. The first-order valence-corrected chi connectivity index (χ1v) is 18.3. The second-order valence-electron chi connectivity index (χ2n) is 16.9. The number of esters is 1. The molecule has 2 saturated heterocycles. The van der Waals surface area contributed by atoms with E-state index >= 15 is 0 Å². The molecule has 3 aliphatic heterocycles. The summed E-state index contributed by atoms with van der Waals surface area (Å²) >= 11 is 0. The zero-order valence-corrected chi connectivity index (χ0v) is 37.9. The van der Waals surface area contributed by atoms with Crippen LogP contribution in [-0.2, 0) is 33.3 Å². The van der Waals surface area contributed by atoms with Crippen molar-refractivity contribution < 1.29 is 92.7 Å². The van der Waals surface area contributed by atoms with Gasteiger partial charge in [-0.3, -0.25) is 9.59 Å². The molecule has 11 nitrogen and oxygen atoms in total. The molecule has 50 heavy (non-hydrogen) atoms. The molecule has 287 valence electrons. The Morgan fingerprint density at radius 1 is 0.940 bits per heavy atom. The van der Waals surface area contributed by atoms with Crippen LogP contribution in [0, 0.1) is 73.1 Å². The Morgan fingerprint density at radius 3 is 2.08 bits per heavy atom. The van der Waals surface area contributed by atoms with Gasteiger partial charge >= 0.3 is 5.97 Å². The molecule has 3 heterocycles. The van der Waals surface area contributed by atoms with Gasteiger partial charge in [0.25, 0.3) is 0 Å². The number of nitrogens with zero attached hydrogens (tertiary/aromatic N) is 1. The van der Waals surface area contributed by atoms with Crippen LogP contribution in [0.5, 0.6) is 0 Å². The topological polar surface area (TPSA) is 144 Å². The van der Waals surface area contributed by atoms with E-state index in [4.69, 9.17) is 23.7 Å². The van der Waals surface area contributed by atoms with Crippen LogP contribution in [0.1, 0.15) is 109 Å². The van der Waals surface area contributed by atoms with E-state index in [0.717, 1.165) is 6.42 Å². The zero-order chi connectivity index (χ0) is 37.4. The van der Waals surface area contributed by atoms with Crippen molar-refractivity contribution in [2.24, 2.45) is 29.1 Å². The standard InChI is InChI=1S/C38H67NO10.Ac/c1-15-28-37(11,43)17-20(2)30(40)21(3)18-38(12,44)33(49-35-23(5)27(39(13)14)16-22(4)45-35)24(6)31(25(7)34(42)47-28)48-29-19-36(9,10)32(41)26(8)46-29;/h17,21-29,31-33,35,41,43-44H,15-16,18-19H2,1-14H3;/b20-17+;/t21-,22-,23-,24+,25-,26+,27+,28-,29+,31+,32+,33-,35+,37+,38-;/m1./s1. The van der Waals surface area contributed by atoms with Crippen LogP contribution >= 0.6 is 0 Å². The van der Waals surface area contributed by atoms with E-state index in [1.165, 1.54) is 13.0 Å². The van der Waals surface area contributed by atoms with Gasteiger partial charge in [0.15, 0.2) is 18.4 Å². The van der Waals surface area contributed by atoms with Crippen molar-refractivity contribution in [3.05, 3.63) is 11.6 Å². The van der Waals surface area contributed by atoms with Crippen LogP contribution in [0.25, 0.3) is 0 Å². The number of carbonyl (C=O) groups excluding carboxylic acids is 2. The van der Waals surface area contributed by atoms with Crippen molar-refractivity contribution in [2.75, 3.05) is 14.1 Å². The smallest absolute Gasteiger partial charge is 0.311 e. The molecule has 3 N–H and O–H groups in total. The van der Waals surface area contributed by atoms with Gasteiger partial charge in [0, 0.05) is 74.3 Å². The normalized spacial score (nSPS) is 46.3. The second kappa shape index (κ2) is 18.1. The van der Waals surface area contributed by atoms with E-state index in [9.17, 15) is 24.9 Å². The fourth-order valence-corrected chi connectivity index (χ4v) is 8.45. The quantitative estimate of drug-likeness (QED) is 0.321. The summed E-state index contributed by atoms with van der Waals surface area (Å²) in [7, 11) is 4.06. The summed E-state index contributed by atoms with van der Waals surface area (Å²) in [4.78, 5) is 29.9. The third kappa shape index (κ3) is 10.8. The second-order valence-corrected chi connectivity index (χ2v) is 16.9. The maximum atomic E-state index is 14.0. The van der Waals surface area contributed by atoms with Gasteiger partial charge in [-0.25, -0.2) is 0 Å². The molecule has 0 aromatic carbocycles. The molecule has 0 saturated carbocycles. The number of hydrogen-bond acceptors (Lipinski definition) is 11. The van der Waals surface area contributed by atoms with Crippen LogP contribution in [0.2, 0.25) is 0 Å². The van der Waals surface area contributed by atoms with Gasteiger partial charge in [-0.05, 0) is 92.0 Å². The monoisotopic (exact) mass is 925 g/mol. The summed E-state index contributed by atoms with van der Waals surface area (Å²) in [6.45, 7) is 21.7. The Labute approximate surface area is 337 Å². The Balaban J connectivity index is 0.00000867. The number of rotatable bonds is 6. The third-order valence-corrected chi connectivity index (χ3v) is 11.4. The van der Waals surface area contributed by atoms with Gasteiger partial charge in [0.2, 0.25) is 0 Å². The largest absolute Gasteiger partial charge is 0.459 e. The van der Waals surface area contributed by atoms with Gasteiger partial charge in [0.05, 0.1) is 42.0 Å². The van der Waals surface area contributed by atoms with Crippen molar-refractivity contribution in [1.82, 2.24) is 4.90 Å². The number of hydrogen-bond donors (Lipinski definition) is 3. The van der Waals surface area contributed by atoms with E-state index in [0.29, 0.717) is 18.4 Å². The SMILES string of the molecule is CC[C@H]1OC(=O)[C@H](C)[C@@H](O[C@H]2CC(C)(C)[C@@H](O)[C@H](C)O2)[C@H](C)[C@@H](O[C@@H]2O[C@H](C)C[C@H](N(C)C)[C@H]2C)[C@](C)(O)C[C@@H](C)C(=O)/C(C)=C/[C@]1(C)O.[Ac]. The summed E-state index contributed by atoms with van der Waals surface area (Å²) in [5.74, 6) is -3.07. The molecule has 0 amide bonds. The van der Waals surface area contributed by atoms with Gasteiger partial charge < -0.3 is 43.9 Å². The molecular weight excluding hydrogens is 857 g/mol. The fraction of sp³-hybridized carbons (Fsp3) is 0.895. The minimum absolute atomic E-state index is 0. The molecule has 0 bridgehead atoms. The van der Waals surface area contributed by atoms with E-state index < -0.39 is 83.4 Å². The van der Waals surface area contributed by atoms with Crippen LogP contribution in [0.4, 0.5) is 0 Å². The first kappa shape index (κ1) is 46.2. The molecule has 12 heteroatoms. The van der Waals surface area contributed by atoms with Gasteiger partial charge in [-0.15, -0.1) is 0 Å². The molecule has 0 unspecified atom stereocenters. The Morgan fingerprint density at radius 2 is 1.54 bits per heavy atom. The number of aliphatic hydroxyl groups is 3. The van der Waals surface area contributed by atoms with Gasteiger partial charge in [0.1, 0.15) is 11.7 Å². The number of carbonyl (C=O) groups is 2. The van der Waals surface area contributed by atoms with Crippen molar-refractivity contribution >= 4 is 11.8 Å². The molecule has 3 aliphatic rings. The molecule has 0 aliphatic carbocycles. The Hall–Kier alpha value is 0.00156. The fourth-order valence-electron chi connectivity index (χ4n) is 8.45. The maximum Gasteiger partial charge on any atom is 0.311 e. The van der Waals surface area contributed by atoms with Crippen molar-refractivity contribution in [2.45, 2.75) is 175 Å². The average molecular weight is 925 g/mol. The predicted octanol–water partition coefficient (Wildman–Crippen LogP) is 4.63. The van der Waals surface area contributed by atoms with Crippen molar-refractivity contribution in [3.8, 4) is 0 Å². The van der Waals surface area contributed by atoms with Gasteiger partial charge in [-0.1, -0.05) is 41.5 Å². The molecular formula is C38H67AcNO10. The maximum absolute atomic E-state index is 14.0. The average Bonchev–Trinajstić information content (AvgIpc) is 2.98. The molecule has 2 fully saturated rings. The van der Waals surface area contributed by atoms with Crippen LogP contribution in [0.3, 0.4) is 0 Å². The summed E-state index contributed by atoms with van der Waals surface area (Å²) in [5.41, 5.74) is -3.43. The Kier molecular flexibility index (Phi) is 16.7. The number of aliphatic hydroxyl groups excluding tert-OH is 1. The third-order valence-electron chi connectivity index (χ3n) is 11.4. The minimum Gasteiger partial charge on any atom is -0.459 e. The summed E-state index contributed by atoms with van der Waals surface area (Å²) in [6, 6.07) is 0.159. The predicted molar refractivity (Wildman–Crippen MR) is 186 cm³/mol. The first-order valence-electron chi connectivity index (χ1n) is 18.3. The van der Waals surface area contributed by atoms with E-state index in [2.05, 4.69) is 11.8 Å². The summed E-state index contributed by atoms with van der Waals surface area (Å²) in [6.07, 6.45) is -2.63.